The van der Waals surface area contributed by atoms with Crippen LogP contribution in [-0.4, -0.2) is 66.2 Å². The molecule has 1 N–H and O–H groups in total. The summed E-state index contributed by atoms with van der Waals surface area (Å²) in [6.45, 7) is 20.1. The summed E-state index contributed by atoms with van der Waals surface area (Å²) >= 11 is 0. The van der Waals surface area contributed by atoms with E-state index in [1.54, 1.807) is 4.90 Å². The maximum absolute atomic E-state index is 12.9. The molecule has 2 heterocycles. The summed E-state index contributed by atoms with van der Waals surface area (Å²) in [7, 11) is 0. The third-order valence-electron chi connectivity index (χ3n) is 5.29. The van der Waals surface area contributed by atoms with Gasteiger partial charge in [0, 0.05) is 45.2 Å². The zero-order valence-corrected chi connectivity index (χ0v) is 19.4. The van der Waals surface area contributed by atoms with E-state index in [2.05, 4.69) is 31.0 Å². The maximum atomic E-state index is 12.9. The molecule has 2 rings (SSSR count). The predicted molar refractivity (Wildman–Crippen MR) is 114 cm³/mol. The van der Waals surface area contributed by atoms with E-state index in [1.165, 1.54) is 0 Å². The molecule has 6 nitrogen and oxygen atoms in total. The van der Waals surface area contributed by atoms with Crippen LogP contribution in [0.1, 0.15) is 74.7 Å². The summed E-state index contributed by atoms with van der Waals surface area (Å²) in [5.74, 6) is 0.624. The number of nitrogens with zero attached hydrogens (tertiary/aromatic N) is 2. The van der Waals surface area contributed by atoms with Gasteiger partial charge in [-0.2, -0.15) is 0 Å². The Bertz CT molecular complexity index is 500. The van der Waals surface area contributed by atoms with Gasteiger partial charge in [0.25, 0.3) is 0 Å². The van der Waals surface area contributed by atoms with Crippen molar-refractivity contribution >= 4 is 12.0 Å². The lowest BCUT2D eigenvalue weighted by Gasteiger charge is -2.44. The van der Waals surface area contributed by atoms with Crippen LogP contribution >= 0.6 is 0 Å². The first kappa shape index (κ1) is 24.7. The molecule has 0 aliphatic carbocycles. The zero-order valence-electron chi connectivity index (χ0n) is 19.4. The van der Waals surface area contributed by atoms with Crippen LogP contribution in [0.2, 0.25) is 0 Å². The molecule has 164 valence electrons. The van der Waals surface area contributed by atoms with E-state index in [1.807, 2.05) is 34.6 Å². The van der Waals surface area contributed by atoms with Crippen molar-refractivity contribution in [2.24, 2.45) is 11.3 Å². The van der Waals surface area contributed by atoms with Gasteiger partial charge in [-0.3, -0.25) is 4.79 Å². The normalized spacial score (nSPS) is 21.6. The first-order valence-corrected chi connectivity index (χ1v) is 11.0. The third kappa shape index (κ3) is 7.61. The van der Waals surface area contributed by atoms with Crippen molar-refractivity contribution in [3.63, 3.8) is 0 Å². The number of amides is 2. The van der Waals surface area contributed by atoms with E-state index in [-0.39, 0.29) is 23.5 Å². The van der Waals surface area contributed by atoms with E-state index in [0.29, 0.717) is 25.4 Å². The first-order chi connectivity index (χ1) is 13.0. The van der Waals surface area contributed by atoms with Crippen LogP contribution in [0.4, 0.5) is 4.79 Å². The Hall–Kier alpha value is -1.30. The van der Waals surface area contributed by atoms with Crippen molar-refractivity contribution in [2.45, 2.75) is 86.3 Å². The fraction of sp³-hybridized carbons (Fsp3) is 0.909. The Labute approximate surface area is 172 Å². The second kappa shape index (κ2) is 10.5. The molecule has 1 unspecified atom stereocenters. The lowest BCUT2D eigenvalue weighted by atomic mass is 9.84. The molecule has 2 aliphatic heterocycles. The van der Waals surface area contributed by atoms with Crippen molar-refractivity contribution in [2.75, 3.05) is 32.7 Å². The van der Waals surface area contributed by atoms with E-state index in [4.69, 9.17) is 4.74 Å². The SMILES string of the molecule is CC.CC(C)(C)OC(=O)N1CCC(CC(=O)N2CCNCC2C(C)(C)C)CC1. The highest BCUT2D eigenvalue weighted by Gasteiger charge is 2.36. The summed E-state index contributed by atoms with van der Waals surface area (Å²) in [4.78, 5) is 28.9. The van der Waals surface area contributed by atoms with Gasteiger partial charge in [-0.25, -0.2) is 4.79 Å². The fourth-order valence-electron chi connectivity index (χ4n) is 3.79. The molecule has 0 saturated carbocycles. The van der Waals surface area contributed by atoms with Gasteiger partial charge in [-0.15, -0.1) is 0 Å². The standard InChI is InChI=1S/C20H37N3O3.C2H6/c1-19(2,3)16-14-21-9-12-23(16)17(24)13-15-7-10-22(11-8-15)18(25)26-20(4,5)6;1-2/h15-16,21H,7-14H2,1-6H3;1-2H3. The Balaban J connectivity index is 0.00000190. The van der Waals surface area contributed by atoms with Crippen LogP contribution in [0.5, 0.6) is 0 Å². The molecule has 28 heavy (non-hydrogen) atoms. The number of piperidine rings is 1. The Kier molecular flexibility index (Phi) is 9.25. The van der Waals surface area contributed by atoms with Crippen LogP contribution in [-0.2, 0) is 9.53 Å². The molecule has 0 radical (unpaired) electrons. The lowest BCUT2D eigenvalue weighted by Crippen LogP contribution is -2.58. The van der Waals surface area contributed by atoms with Gasteiger partial charge in [-0.05, 0) is 44.9 Å². The number of piperazine rings is 1. The number of hydrogen-bond acceptors (Lipinski definition) is 4. The quantitative estimate of drug-likeness (QED) is 0.768. The molecule has 0 spiro atoms. The molecule has 2 saturated heterocycles. The molecule has 0 aromatic rings. The van der Waals surface area contributed by atoms with Gasteiger partial charge in [0.05, 0.1) is 0 Å². The smallest absolute Gasteiger partial charge is 0.410 e. The number of rotatable bonds is 2. The number of likely N-dealkylation sites (tertiary alicyclic amines) is 1. The summed E-state index contributed by atoms with van der Waals surface area (Å²) in [5.41, 5.74) is -0.392. The van der Waals surface area contributed by atoms with E-state index in [0.717, 1.165) is 32.5 Å². The van der Waals surface area contributed by atoms with Crippen molar-refractivity contribution in [3.05, 3.63) is 0 Å². The van der Waals surface area contributed by atoms with Crippen LogP contribution in [0.25, 0.3) is 0 Å². The van der Waals surface area contributed by atoms with Gasteiger partial charge >= 0.3 is 6.09 Å². The first-order valence-electron chi connectivity index (χ1n) is 11.0. The average Bonchev–Trinajstić information content (AvgIpc) is 2.62. The predicted octanol–water partition coefficient (Wildman–Crippen LogP) is 3.90. The van der Waals surface area contributed by atoms with Crippen molar-refractivity contribution in [1.82, 2.24) is 15.1 Å². The number of carbonyl (C=O) groups is 2. The Morgan fingerprint density at radius 3 is 2.07 bits per heavy atom. The molecule has 2 fully saturated rings. The zero-order chi connectivity index (χ0) is 21.5. The molecule has 6 heteroatoms. The van der Waals surface area contributed by atoms with Crippen molar-refractivity contribution in [3.8, 4) is 0 Å². The molecule has 0 aromatic heterocycles. The van der Waals surface area contributed by atoms with Crippen LogP contribution in [0, 0.1) is 11.3 Å². The van der Waals surface area contributed by atoms with Crippen molar-refractivity contribution in [1.29, 1.82) is 0 Å². The molecule has 0 bridgehead atoms. The minimum absolute atomic E-state index is 0.0726. The third-order valence-corrected chi connectivity index (χ3v) is 5.29. The second-order valence-corrected chi connectivity index (χ2v) is 9.79. The van der Waals surface area contributed by atoms with Gasteiger partial charge in [0.2, 0.25) is 5.91 Å². The molecule has 2 aliphatic rings. The monoisotopic (exact) mass is 397 g/mol. The minimum Gasteiger partial charge on any atom is -0.444 e. The average molecular weight is 398 g/mol. The van der Waals surface area contributed by atoms with Gasteiger partial charge < -0.3 is 19.9 Å². The number of hydrogen-bond donors (Lipinski definition) is 1. The summed E-state index contributed by atoms with van der Waals surface area (Å²) in [5, 5.41) is 3.41. The summed E-state index contributed by atoms with van der Waals surface area (Å²) < 4.78 is 5.45. The van der Waals surface area contributed by atoms with Crippen LogP contribution < -0.4 is 5.32 Å². The van der Waals surface area contributed by atoms with Gasteiger partial charge in [0.15, 0.2) is 0 Å². The second-order valence-electron chi connectivity index (χ2n) is 9.79. The van der Waals surface area contributed by atoms with Gasteiger partial charge in [-0.1, -0.05) is 34.6 Å². The summed E-state index contributed by atoms with van der Waals surface area (Å²) in [6.07, 6.45) is 2.10. The topological polar surface area (TPSA) is 61.9 Å². The number of nitrogens with one attached hydrogen (secondary N) is 1. The lowest BCUT2D eigenvalue weighted by molar-refractivity contribution is -0.138. The van der Waals surface area contributed by atoms with E-state index in [9.17, 15) is 9.59 Å². The van der Waals surface area contributed by atoms with E-state index >= 15 is 0 Å². The number of ether oxygens (including phenoxy) is 1. The van der Waals surface area contributed by atoms with Crippen LogP contribution in [0.3, 0.4) is 0 Å². The molecular formula is C22H43N3O3. The highest BCUT2D eigenvalue weighted by atomic mass is 16.6. The molecule has 1 atom stereocenters. The largest absolute Gasteiger partial charge is 0.444 e. The Morgan fingerprint density at radius 1 is 1.00 bits per heavy atom. The Morgan fingerprint density at radius 2 is 1.57 bits per heavy atom. The molecule has 2 amide bonds. The molecule has 0 aromatic carbocycles. The van der Waals surface area contributed by atoms with Gasteiger partial charge in [0.1, 0.15) is 5.60 Å². The van der Waals surface area contributed by atoms with Crippen LogP contribution in [0.15, 0.2) is 0 Å². The molecular weight excluding hydrogens is 354 g/mol. The maximum Gasteiger partial charge on any atom is 0.410 e. The summed E-state index contributed by atoms with van der Waals surface area (Å²) in [6, 6.07) is 0.241. The highest BCUT2D eigenvalue weighted by Crippen LogP contribution is 2.28. The minimum atomic E-state index is -0.464. The highest BCUT2D eigenvalue weighted by molar-refractivity contribution is 5.77. The van der Waals surface area contributed by atoms with Crippen molar-refractivity contribution < 1.29 is 14.3 Å². The fourth-order valence-corrected chi connectivity index (χ4v) is 3.79. The number of carbonyl (C=O) groups excluding carboxylic acids is 2. The van der Waals surface area contributed by atoms with E-state index < -0.39 is 5.60 Å².